The van der Waals surface area contributed by atoms with Gasteiger partial charge < -0.3 is 19.1 Å². The van der Waals surface area contributed by atoms with Crippen molar-refractivity contribution in [2.75, 3.05) is 13.7 Å². The van der Waals surface area contributed by atoms with Crippen LogP contribution in [0.3, 0.4) is 0 Å². The van der Waals surface area contributed by atoms with E-state index >= 15 is 0 Å². The summed E-state index contributed by atoms with van der Waals surface area (Å²) in [7, 11) is -1.32. The van der Waals surface area contributed by atoms with Gasteiger partial charge in [0.15, 0.2) is 11.2 Å². The normalized spacial score (nSPS) is 12.2. The van der Waals surface area contributed by atoms with Crippen LogP contribution in [0.25, 0.3) is 23.3 Å². The summed E-state index contributed by atoms with van der Waals surface area (Å²) in [6.45, 7) is 1.93. The number of aryl methyl sites for hydroxylation is 2. The van der Waals surface area contributed by atoms with Crippen molar-refractivity contribution in [1.29, 1.82) is 0 Å². The van der Waals surface area contributed by atoms with Gasteiger partial charge in [0.1, 0.15) is 11.6 Å². The number of phosphoric acid groups is 1. The van der Waals surface area contributed by atoms with E-state index in [2.05, 4.69) is 9.51 Å². The Kier molecular flexibility index (Phi) is 7.70. The number of fused-ring (bicyclic) bond motifs is 1. The number of nitrogens with zero attached hydrogens (tertiary/aromatic N) is 4. The number of methoxy groups -OCH3 is 1. The number of phosphoric ester groups is 1. The summed E-state index contributed by atoms with van der Waals surface area (Å²) in [6, 6.07) is 7.43. The molecule has 0 amide bonds. The third kappa shape index (κ3) is 5.69. The highest BCUT2D eigenvalue weighted by atomic mass is 31.2. The summed E-state index contributed by atoms with van der Waals surface area (Å²) < 4.78 is 24.7. The first-order valence-electron chi connectivity index (χ1n) is 10.4. The Hall–Kier alpha value is -2.98. The van der Waals surface area contributed by atoms with Crippen LogP contribution in [-0.2, 0) is 29.2 Å². The van der Waals surface area contributed by atoms with Gasteiger partial charge in [-0.05, 0) is 36.6 Å². The number of benzene rings is 1. The quantitative estimate of drug-likeness (QED) is 0.333. The van der Waals surface area contributed by atoms with E-state index in [0.29, 0.717) is 18.0 Å². The summed E-state index contributed by atoms with van der Waals surface area (Å²) in [6.07, 6.45) is 4.30. The minimum atomic E-state index is -4.60. The molecule has 3 aromatic rings. The number of hydrogen-bond acceptors (Lipinski definition) is 6. The molecule has 0 saturated heterocycles. The van der Waals surface area contributed by atoms with Gasteiger partial charge in [0, 0.05) is 20.1 Å². The van der Waals surface area contributed by atoms with E-state index in [-0.39, 0.29) is 37.3 Å². The Morgan fingerprint density at radius 1 is 1.15 bits per heavy atom. The molecule has 2 N–H and O–H groups in total. The second-order valence-electron chi connectivity index (χ2n) is 7.38. The molecule has 0 aliphatic carbocycles. The van der Waals surface area contributed by atoms with Crippen LogP contribution in [0.15, 0.2) is 33.9 Å². The lowest BCUT2D eigenvalue weighted by molar-refractivity contribution is 0.192. The van der Waals surface area contributed by atoms with Crippen LogP contribution in [0, 0.1) is 0 Å². The maximum atomic E-state index is 13.1. The highest BCUT2D eigenvalue weighted by Crippen LogP contribution is 2.35. The molecule has 0 bridgehead atoms. The fourth-order valence-electron chi connectivity index (χ4n) is 3.47. The van der Waals surface area contributed by atoms with Gasteiger partial charge in [0.2, 0.25) is 0 Å². The van der Waals surface area contributed by atoms with Crippen LogP contribution < -0.4 is 16.0 Å². The van der Waals surface area contributed by atoms with E-state index in [1.165, 1.54) is 4.57 Å². The van der Waals surface area contributed by atoms with Crippen molar-refractivity contribution in [3.05, 3.63) is 56.5 Å². The molecule has 3 rings (SSSR count). The fraction of sp³-hybridized carbons (Fsp3) is 0.381. The topological polar surface area (TPSA) is 138 Å². The van der Waals surface area contributed by atoms with Gasteiger partial charge in [0.05, 0.1) is 13.7 Å². The van der Waals surface area contributed by atoms with Crippen LogP contribution >= 0.6 is 7.82 Å². The summed E-state index contributed by atoms with van der Waals surface area (Å²) in [4.78, 5) is 48.3. The van der Waals surface area contributed by atoms with Crippen LogP contribution in [0.2, 0.25) is 0 Å². The van der Waals surface area contributed by atoms with E-state index < -0.39 is 19.1 Å². The third-order valence-corrected chi connectivity index (χ3v) is 5.55. The third-order valence-electron chi connectivity index (χ3n) is 5.03. The molecule has 0 saturated carbocycles. The zero-order valence-electron chi connectivity index (χ0n) is 18.7. The lowest BCUT2D eigenvalue weighted by atomic mass is 10.2. The van der Waals surface area contributed by atoms with E-state index in [1.54, 1.807) is 24.8 Å². The Balaban J connectivity index is 2.05. The average Bonchev–Trinajstić information content (AvgIpc) is 3.10. The van der Waals surface area contributed by atoms with Crippen molar-refractivity contribution in [3.8, 4) is 5.75 Å². The first-order chi connectivity index (χ1) is 15.7. The number of ether oxygens (including phenoxy) is 1. The molecule has 1 aromatic carbocycles. The highest BCUT2D eigenvalue weighted by Gasteiger charge is 2.19. The first kappa shape index (κ1) is 24.7. The molecule has 33 heavy (non-hydrogen) atoms. The average molecular weight is 478 g/mol. The predicted molar refractivity (Wildman–Crippen MR) is 124 cm³/mol. The zero-order valence-corrected chi connectivity index (χ0v) is 19.6. The van der Waals surface area contributed by atoms with Gasteiger partial charge in [-0.2, -0.15) is 0 Å². The standard InChI is InChI=1S/C21H27N4O7P/c1-4-11-25-20(26)18-19(24(21(25)27)12-6-13-32-33(28,29)30)22-17(23(18)2)10-9-15-7-5-8-16(14-15)31-3/h5,7-10,14H,4,6,11-13H2,1-3H3,(H2,28,29,30). The molecule has 0 fully saturated rings. The van der Waals surface area contributed by atoms with Crippen molar-refractivity contribution in [3.63, 3.8) is 0 Å². The first-order valence-corrected chi connectivity index (χ1v) is 11.9. The Labute approximate surface area is 189 Å². The van der Waals surface area contributed by atoms with Gasteiger partial charge >= 0.3 is 13.5 Å². The Morgan fingerprint density at radius 2 is 1.91 bits per heavy atom. The molecule has 2 heterocycles. The van der Waals surface area contributed by atoms with Gasteiger partial charge in [0.25, 0.3) is 5.56 Å². The molecule has 11 nitrogen and oxygen atoms in total. The lowest BCUT2D eigenvalue weighted by Crippen LogP contribution is -2.40. The van der Waals surface area contributed by atoms with Crippen molar-refractivity contribution < 1.29 is 23.6 Å². The molecule has 12 heteroatoms. The Morgan fingerprint density at radius 3 is 2.58 bits per heavy atom. The minimum absolute atomic E-state index is 0.0787. The van der Waals surface area contributed by atoms with Crippen molar-refractivity contribution in [2.45, 2.75) is 32.9 Å². The van der Waals surface area contributed by atoms with E-state index in [0.717, 1.165) is 10.1 Å². The molecule has 0 aliphatic heterocycles. The molecule has 0 atom stereocenters. The van der Waals surface area contributed by atoms with Gasteiger partial charge in [-0.1, -0.05) is 25.1 Å². The fourth-order valence-corrected chi connectivity index (χ4v) is 3.84. The number of imidazole rings is 1. The zero-order chi connectivity index (χ0) is 24.2. The number of aromatic nitrogens is 4. The van der Waals surface area contributed by atoms with Crippen LogP contribution in [-0.4, -0.2) is 42.2 Å². The molecular formula is C21H27N4O7P. The summed E-state index contributed by atoms with van der Waals surface area (Å²) >= 11 is 0. The smallest absolute Gasteiger partial charge is 0.469 e. The van der Waals surface area contributed by atoms with E-state index in [9.17, 15) is 14.2 Å². The molecule has 2 aromatic heterocycles. The van der Waals surface area contributed by atoms with Crippen molar-refractivity contribution in [1.82, 2.24) is 18.7 Å². The maximum Gasteiger partial charge on any atom is 0.469 e. The minimum Gasteiger partial charge on any atom is -0.497 e. The Bertz CT molecular complexity index is 1330. The van der Waals surface area contributed by atoms with Crippen LogP contribution in [0.5, 0.6) is 5.75 Å². The van der Waals surface area contributed by atoms with E-state index in [1.807, 2.05) is 37.3 Å². The molecule has 178 valence electrons. The second-order valence-corrected chi connectivity index (χ2v) is 8.62. The molecular weight excluding hydrogens is 451 g/mol. The van der Waals surface area contributed by atoms with E-state index in [4.69, 9.17) is 14.5 Å². The highest BCUT2D eigenvalue weighted by molar-refractivity contribution is 7.46. The summed E-state index contributed by atoms with van der Waals surface area (Å²) in [5, 5.41) is 0. The van der Waals surface area contributed by atoms with Gasteiger partial charge in [-0.15, -0.1) is 0 Å². The summed E-state index contributed by atoms with van der Waals surface area (Å²) in [5.74, 6) is 1.18. The summed E-state index contributed by atoms with van der Waals surface area (Å²) in [5.41, 5.74) is 0.393. The lowest BCUT2D eigenvalue weighted by Gasteiger charge is -2.11. The molecule has 0 radical (unpaired) electrons. The number of rotatable bonds is 10. The molecule has 0 unspecified atom stereocenters. The second kappa shape index (κ2) is 10.3. The monoisotopic (exact) mass is 478 g/mol. The van der Waals surface area contributed by atoms with Crippen molar-refractivity contribution >= 4 is 31.1 Å². The molecule has 0 spiro atoms. The largest absolute Gasteiger partial charge is 0.497 e. The van der Waals surface area contributed by atoms with Crippen LogP contribution in [0.4, 0.5) is 0 Å². The van der Waals surface area contributed by atoms with Crippen molar-refractivity contribution in [2.24, 2.45) is 7.05 Å². The predicted octanol–water partition coefficient (Wildman–Crippen LogP) is 1.99. The van der Waals surface area contributed by atoms with Crippen LogP contribution in [0.1, 0.15) is 31.2 Å². The maximum absolute atomic E-state index is 13.1. The van der Waals surface area contributed by atoms with Gasteiger partial charge in [-0.3, -0.25) is 18.5 Å². The molecule has 0 aliphatic rings. The number of hydrogen-bond donors (Lipinski definition) is 2. The SMILES string of the molecule is CCCn1c(=O)c2c(nc(C=Cc3cccc(OC)c3)n2C)n(CCCOP(=O)(O)O)c1=O. The van der Waals surface area contributed by atoms with Gasteiger partial charge in [-0.25, -0.2) is 14.3 Å².